The van der Waals surface area contributed by atoms with E-state index in [1.165, 1.54) is 5.56 Å². The van der Waals surface area contributed by atoms with Crippen molar-refractivity contribution in [1.29, 1.82) is 0 Å². The Kier molecular flexibility index (Phi) is 4.83. The van der Waals surface area contributed by atoms with E-state index in [2.05, 4.69) is 12.1 Å². The van der Waals surface area contributed by atoms with E-state index in [9.17, 15) is 4.79 Å². The van der Waals surface area contributed by atoms with E-state index in [0.717, 1.165) is 6.42 Å². The summed E-state index contributed by atoms with van der Waals surface area (Å²) in [5, 5.41) is 0. The molecule has 0 aliphatic rings. The van der Waals surface area contributed by atoms with E-state index in [0.29, 0.717) is 6.61 Å². The summed E-state index contributed by atoms with van der Waals surface area (Å²) in [5.74, 6) is 0. The minimum Gasteiger partial charge on any atom is -0.450 e. The van der Waals surface area contributed by atoms with Gasteiger partial charge in [-0.3, -0.25) is 0 Å². The van der Waals surface area contributed by atoms with Crippen LogP contribution in [0, 0.1) is 0 Å². The molecular formula is C13H19NO2. The summed E-state index contributed by atoms with van der Waals surface area (Å²) < 4.78 is 4.95. The third-order valence-electron chi connectivity index (χ3n) is 2.59. The summed E-state index contributed by atoms with van der Waals surface area (Å²) in [4.78, 5) is 13.1. The average molecular weight is 221 g/mol. The zero-order valence-electron chi connectivity index (χ0n) is 10.1. The van der Waals surface area contributed by atoms with Gasteiger partial charge in [0.05, 0.1) is 6.61 Å². The van der Waals surface area contributed by atoms with Crippen LogP contribution in [0.5, 0.6) is 0 Å². The Morgan fingerprint density at radius 1 is 1.38 bits per heavy atom. The number of ether oxygens (including phenoxy) is 1. The summed E-state index contributed by atoms with van der Waals surface area (Å²) >= 11 is 0. The number of carbonyl (C=O) groups is 1. The third-order valence-corrected chi connectivity index (χ3v) is 2.59. The number of amides is 1. The molecule has 0 radical (unpaired) electrons. The third kappa shape index (κ3) is 3.57. The minimum atomic E-state index is -0.258. The van der Waals surface area contributed by atoms with E-state index < -0.39 is 0 Å². The van der Waals surface area contributed by atoms with Crippen LogP contribution in [0.4, 0.5) is 4.79 Å². The summed E-state index contributed by atoms with van der Waals surface area (Å²) in [5.41, 5.74) is 1.23. The molecule has 0 saturated heterocycles. The van der Waals surface area contributed by atoms with Crippen LogP contribution in [0.1, 0.15) is 19.4 Å². The smallest absolute Gasteiger partial charge is 0.409 e. The summed E-state index contributed by atoms with van der Waals surface area (Å²) in [6, 6.07) is 10.3. The lowest BCUT2D eigenvalue weighted by molar-refractivity contribution is 0.104. The number of hydrogen-bond donors (Lipinski definition) is 0. The van der Waals surface area contributed by atoms with Crippen molar-refractivity contribution in [2.75, 3.05) is 13.7 Å². The highest BCUT2D eigenvalue weighted by molar-refractivity contribution is 5.67. The monoisotopic (exact) mass is 221 g/mol. The van der Waals surface area contributed by atoms with Gasteiger partial charge in [0.1, 0.15) is 0 Å². The predicted molar refractivity (Wildman–Crippen MR) is 64.4 cm³/mol. The van der Waals surface area contributed by atoms with Crippen LogP contribution in [0.2, 0.25) is 0 Å². The van der Waals surface area contributed by atoms with Crippen molar-refractivity contribution in [3.63, 3.8) is 0 Å². The predicted octanol–water partition coefficient (Wildman–Crippen LogP) is 2.71. The Hall–Kier alpha value is -1.51. The van der Waals surface area contributed by atoms with Crippen LogP contribution in [-0.4, -0.2) is 30.7 Å². The number of carbonyl (C=O) groups excluding carboxylic acids is 1. The fourth-order valence-corrected chi connectivity index (χ4v) is 1.50. The summed E-state index contributed by atoms with van der Waals surface area (Å²) in [7, 11) is 1.77. The Morgan fingerprint density at radius 2 is 2.00 bits per heavy atom. The number of rotatable bonds is 4. The molecule has 3 heteroatoms. The van der Waals surface area contributed by atoms with Crippen molar-refractivity contribution in [1.82, 2.24) is 4.90 Å². The molecule has 3 nitrogen and oxygen atoms in total. The molecule has 0 spiro atoms. The molecule has 1 rings (SSSR count). The highest BCUT2D eigenvalue weighted by Gasteiger charge is 2.16. The van der Waals surface area contributed by atoms with Crippen LogP contribution in [0.3, 0.4) is 0 Å². The molecule has 0 fully saturated rings. The molecule has 0 unspecified atom stereocenters. The number of benzene rings is 1. The molecule has 1 amide bonds. The van der Waals surface area contributed by atoms with Crippen molar-refractivity contribution in [2.24, 2.45) is 0 Å². The van der Waals surface area contributed by atoms with Crippen molar-refractivity contribution in [3.8, 4) is 0 Å². The van der Waals surface area contributed by atoms with Crippen LogP contribution in [0.25, 0.3) is 0 Å². The molecule has 0 aliphatic heterocycles. The van der Waals surface area contributed by atoms with Crippen LogP contribution in [-0.2, 0) is 11.2 Å². The maximum absolute atomic E-state index is 11.5. The number of hydrogen-bond acceptors (Lipinski definition) is 2. The van der Waals surface area contributed by atoms with Crippen molar-refractivity contribution in [2.45, 2.75) is 26.3 Å². The van der Waals surface area contributed by atoms with Gasteiger partial charge in [0, 0.05) is 13.1 Å². The Morgan fingerprint density at radius 3 is 2.56 bits per heavy atom. The fourth-order valence-electron chi connectivity index (χ4n) is 1.50. The van der Waals surface area contributed by atoms with Gasteiger partial charge in [0.2, 0.25) is 0 Å². The lowest BCUT2D eigenvalue weighted by Crippen LogP contribution is -2.36. The maximum Gasteiger partial charge on any atom is 0.409 e. The Bertz CT molecular complexity index is 324. The first-order valence-electron chi connectivity index (χ1n) is 5.58. The zero-order valence-corrected chi connectivity index (χ0v) is 10.1. The molecule has 0 bridgehead atoms. The van der Waals surface area contributed by atoms with Gasteiger partial charge in [-0.1, -0.05) is 30.3 Å². The number of likely N-dealkylation sites (N-methyl/N-ethyl adjacent to an activating group) is 1. The molecule has 0 heterocycles. The molecule has 0 N–H and O–H groups in total. The minimum absolute atomic E-state index is 0.140. The average Bonchev–Trinajstić information content (AvgIpc) is 2.29. The Balaban J connectivity index is 2.52. The first-order valence-corrected chi connectivity index (χ1v) is 5.58. The SMILES string of the molecule is CCOC(=O)N(C)[C@@H](C)Cc1ccccc1. The van der Waals surface area contributed by atoms with Gasteiger partial charge in [-0.05, 0) is 25.8 Å². The van der Waals surface area contributed by atoms with Gasteiger partial charge in [0.25, 0.3) is 0 Å². The quantitative estimate of drug-likeness (QED) is 0.782. The molecule has 88 valence electrons. The molecule has 1 aromatic carbocycles. The van der Waals surface area contributed by atoms with E-state index in [4.69, 9.17) is 4.74 Å². The first-order chi connectivity index (χ1) is 7.65. The van der Waals surface area contributed by atoms with Crippen LogP contribution >= 0.6 is 0 Å². The summed E-state index contributed by atoms with van der Waals surface area (Å²) in [6.07, 6.45) is 0.585. The van der Waals surface area contributed by atoms with Crippen molar-refractivity contribution >= 4 is 6.09 Å². The molecule has 16 heavy (non-hydrogen) atoms. The second-order valence-corrected chi connectivity index (χ2v) is 3.85. The van der Waals surface area contributed by atoms with Gasteiger partial charge in [-0.2, -0.15) is 0 Å². The number of nitrogens with zero attached hydrogens (tertiary/aromatic N) is 1. The largest absolute Gasteiger partial charge is 0.450 e. The second-order valence-electron chi connectivity index (χ2n) is 3.85. The lowest BCUT2D eigenvalue weighted by atomic mass is 10.1. The molecule has 1 atom stereocenters. The van der Waals surface area contributed by atoms with E-state index in [1.54, 1.807) is 11.9 Å². The first kappa shape index (κ1) is 12.6. The normalized spacial score (nSPS) is 11.9. The second kappa shape index (κ2) is 6.16. The van der Waals surface area contributed by atoms with Gasteiger partial charge in [-0.15, -0.1) is 0 Å². The van der Waals surface area contributed by atoms with E-state index >= 15 is 0 Å². The standard InChI is InChI=1S/C13H19NO2/c1-4-16-13(15)14(3)11(2)10-12-8-6-5-7-9-12/h5-9,11H,4,10H2,1-3H3/t11-/m0/s1. The van der Waals surface area contributed by atoms with E-state index in [-0.39, 0.29) is 12.1 Å². The highest BCUT2D eigenvalue weighted by atomic mass is 16.6. The molecular weight excluding hydrogens is 202 g/mol. The van der Waals surface area contributed by atoms with Crippen molar-refractivity contribution < 1.29 is 9.53 Å². The van der Waals surface area contributed by atoms with E-state index in [1.807, 2.05) is 32.0 Å². The topological polar surface area (TPSA) is 29.5 Å². The van der Waals surface area contributed by atoms with Crippen LogP contribution < -0.4 is 0 Å². The van der Waals surface area contributed by atoms with Crippen molar-refractivity contribution in [3.05, 3.63) is 35.9 Å². The Labute approximate surface area is 97.0 Å². The van der Waals surface area contributed by atoms with Gasteiger partial charge < -0.3 is 9.64 Å². The van der Waals surface area contributed by atoms with Gasteiger partial charge in [0.15, 0.2) is 0 Å². The van der Waals surface area contributed by atoms with Gasteiger partial charge in [-0.25, -0.2) is 4.79 Å². The molecule has 1 aromatic rings. The van der Waals surface area contributed by atoms with Gasteiger partial charge >= 0.3 is 6.09 Å². The highest BCUT2D eigenvalue weighted by Crippen LogP contribution is 2.08. The molecule has 0 aromatic heterocycles. The van der Waals surface area contributed by atoms with Crippen LogP contribution in [0.15, 0.2) is 30.3 Å². The molecule has 0 saturated carbocycles. The lowest BCUT2D eigenvalue weighted by Gasteiger charge is -2.24. The molecule has 0 aliphatic carbocycles. The fraction of sp³-hybridized carbons (Fsp3) is 0.462. The maximum atomic E-state index is 11.5. The summed E-state index contributed by atoms with van der Waals surface area (Å²) in [6.45, 7) is 4.25. The zero-order chi connectivity index (χ0) is 12.0.